The van der Waals surface area contributed by atoms with Gasteiger partial charge in [-0.1, -0.05) is 13.8 Å². The quantitative estimate of drug-likeness (QED) is 0.672. The van der Waals surface area contributed by atoms with E-state index in [1.807, 2.05) is 11.9 Å². The summed E-state index contributed by atoms with van der Waals surface area (Å²) in [6, 6.07) is 0. The average molecular weight is 203 g/mol. The monoisotopic (exact) mass is 203 g/mol. The van der Waals surface area contributed by atoms with E-state index in [0.717, 1.165) is 6.54 Å². The fourth-order valence-electron chi connectivity index (χ4n) is 1.38. The second-order valence-electron chi connectivity index (χ2n) is 3.90. The van der Waals surface area contributed by atoms with Gasteiger partial charge in [0.25, 0.3) is 0 Å². The molecule has 0 bridgehead atoms. The molecule has 0 saturated heterocycles. The molecular formula is C10H21NO3. The van der Waals surface area contributed by atoms with Crippen LogP contribution in [0.15, 0.2) is 0 Å². The number of nitrogens with zero attached hydrogens (tertiary/aromatic N) is 1. The summed E-state index contributed by atoms with van der Waals surface area (Å²) < 4.78 is 5.11. The number of ether oxygens (including phenoxy) is 1. The Morgan fingerprint density at radius 1 is 1.43 bits per heavy atom. The number of likely N-dealkylation sites (N-methyl/N-ethyl adjacent to an activating group) is 1. The lowest BCUT2D eigenvalue weighted by molar-refractivity contribution is -0.151. The van der Waals surface area contributed by atoms with Crippen LogP contribution in [0.25, 0.3) is 0 Å². The molecule has 0 aliphatic rings. The first-order valence-corrected chi connectivity index (χ1v) is 5.00. The smallest absolute Gasteiger partial charge is 0.334 e. The highest BCUT2D eigenvalue weighted by atomic mass is 16.5. The van der Waals surface area contributed by atoms with Gasteiger partial charge in [0.05, 0.1) is 0 Å². The fraction of sp³-hybridized carbons (Fsp3) is 0.900. The predicted octanol–water partition coefficient (Wildman–Crippen LogP) is 1.06. The van der Waals surface area contributed by atoms with E-state index >= 15 is 0 Å². The van der Waals surface area contributed by atoms with Crippen LogP contribution >= 0.6 is 0 Å². The standard InChI is InChI=1S/C10H21NO3/c1-5-14-9(10(12)13)7-11(4)6-8(2)3/h8-9H,5-7H2,1-4H3,(H,12,13). The second kappa shape index (κ2) is 6.79. The summed E-state index contributed by atoms with van der Waals surface area (Å²) in [5.41, 5.74) is 0. The first-order valence-electron chi connectivity index (χ1n) is 5.00. The molecule has 0 rings (SSSR count). The predicted molar refractivity (Wildman–Crippen MR) is 55.4 cm³/mol. The van der Waals surface area contributed by atoms with Gasteiger partial charge in [-0.15, -0.1) is 0 Å². The minimum absolute atomic E-state index is 0.437. The van der Waals surface area contributed by atoms with Crippen molar-refractivity contribution in [1.29, 1.82) is 0 Å². The van der Waals surface area contributed by atoms with E-state index < -0.39 is 12.1 Å². The number of hydrogen-bond donors (Lipinski definition) is 1. The van der Waals surface area contributed by atoms with Crippen LogP contribution in [0, 0.1) is 5.92 Å². The first kappa shape index (κ1) is 13.4. The molecule has 1 N–H and O–H groups in total. The summed E-state index contributed by atoms with van der Waals surface area (Å²) in [7, 11) is 1.91. The maximum atomic E-state index is 10.8. The topological polar surface area (TPSA) is 49.8 Å². The maximum Gasteiger partial charge on any atom is 0.334 e. The molecule has 0 spiro atoms. The van der Waals surface area contributed by atoms with Gasteiger partial charge in [0.1, 0.15) is 0 Å². The largest absolute Gasteiger partial charge is 0.479 e. The van der Waals surface area contributed by atoms with Crippen molar-refractivity contribution in [2.45, 2.75) is 26.9 Å². The molecule has 1 unspecified atom stereocenters. The van der Waals surface area contributed by atoms with Crippen LogP contribution in [0.5, 0.6) is 0 Å². The Hall–Kier alpha value is -0.610. The fourth-order valence-corrected chi connectivity index (χ4v) is 1.38. The molecule has 0 radical (unpaired) electrons. The Kier molecular flexibility index (Phi) is 6.49. The van der Waals surface area contributed by atoms with Crippen LogP contribution in [0.2, 0.25) is 0 Å². The lowest BCUT2D eigenvalue weighted by atomic mass is 10.2. The van der Waals surface area contributed by atoms with Crippen LogP contribution in [-0.2, 0) is 9.53 Å². The molecule has 0 aromatic carbocycles. The lowest BCUT2D eigenvalue weighted by Crippen LogP contribution is -2.38. The molecule has 14 heavy (non-hydrogen) atoms. The minimum Gasteiger partial charge on any atom is -0.479 e. The molecule has 4 heteroatoms. The number of hydrogen-bond acceptors (Lipinski definition) is 3. The molecular weight excluding hydrogens is 182 g/mol. The Morgan fingerprint density at radius 2 is 2.00 bits per heavy atom. The van der Waals surface area contributed by atoms with Crippen LogP contribution < -0.4 is 0 Å². The molecule has 1 atom stereocenters. The summed E-state index contributed by atoms with van der Waals surface area (Å²) in [6.45, 7) is 7.78. The van der Waals surface area contributed by atoms with E-state index in [2.05, 4.69) is 13.8 Å². The SMILES string of the molecule is CCOC(CN(C)CC(C)C)C(=O)O. The van der Waals surface area contributed by atoms with E-state index in [4.69, 9.17) is 9.84 Å². The van der Waals surface area contributed by atoms with Gasteiger partial charge in [-0.25, -0.2) is 4.79 Å². The van der Waals surface area contributed by atoms with Crippen molar-refractivity contribution >= 4 is 5.97 Å². The number of carboxylic acid groups (broad SMARTS) is 1. The maximum absolute atomic E-state index is 10.8. The molecule has 0 aromatic rings. The van der Waals surface area contributed by atoms with Gasteiger partial charge in [0.2, 0.25) is 0 Å². The Morgan fingerprint density at radius 3 is 2.36 bits per heavy atom. The third-order valence-electron chi connectivity index (χ3n) is 1.80. The second-order valence-corrected chi connectivity index (χ2v) is 3.90. The molecule has 0 aromatic heterocycles. The average Bonchev–Trinajstić information content (AvgIpc) is 2.01. The van der Waals surface area contributed by atoms with Crippen molar-refractivity contribution in [2.24, 2.45) is 5.92 Å². The van der Waals surface area contributed by atoms with Crippen LogP contribution in [-0.4, -0.2) is 48.8 Å². The van der Waals surface area contributed by atoms with Gasteiger partial charge in [-0.2, -0.15) is 0 Å². The van der Waals surface area contributed by atoms with Crippen molar-refractivity contribution in [3.63, 3.8) is 0 Å². The van der Waals surface area contributed by atoms with Gasteiger partial charge < -0.3 is 14.7 Å². The molecule has 84 valence electrons. The number of carbonyl (C=O) groups is 1. The third-order valence-corrected chi connectivity index (χ3v) is 1.80. The Labute approximate surface area is 85.9 Å². The molecule has 0 saturated carbocycles. The first-order chi connectivity index (χ1) is 6.47. The summed E-state index contributed by atoms with van der Waals surface area (Å²) in [5, 5.41) is 8.84. The Bertz CT molecular complexity index is 171. The third kappa shape index (κ3) is 5.94. The Balaban J connectivity index is 3.95. The lowest BCUT2D eigenvalue weighted by Gasteiger charge is -2.22. The molecule has 0 aliphatic heterocycles. The van der Waals surface area contributed by atoms with E-state index in [1.165, 1.54) is 0 Å². The zero-order valence-corrected chi connectivity index (χ0v) is 9.49. The molecule has 4 nitrogen and oxygen atoms in total. The van der Waals surface area contributed by atoms with Crippen molar-refractivity contribution in [2.75, 3.05) is 26.7 Å². The van der Waals surface area contributed by atoms with Gasteiger partial charge in [0, 0.05) is 19.7 Å². The number of aliphatic carboxylic acids is 1. The van der Waals surface area contributed by atoms with E-state index in [1.54, 1.807) is 6.92 Å². The highest BCUT2D eigenvalue weighted by Crippen LogP contribution is 2.00. The summed E-state index contributed by atoms with van der Waals surface area (Å²) in [5.74, 6) is -0.349. The summed E-state index contributed by atoms with van der Waals surface area (Å²) >= 11 is 0. The zero-order valence-electron chi connectivity index (χ0n) is 9.49. The van der Waals surface area contributed by atoms with E-state index in [-0.39, 0.29) is 0 Å². The normalized spacial score (nSPS) is 13.6. The van der Waals surface area contributed by atoms with Crippen molar-refractivity contribution < 1.29 is 14.6 Å². The van der Waals surface area contributed by atoms with Crippen molar-refractivity contribution in [3.05, 3.63) is 0 Å². The molecule has 0 heterocycles. The van der Waals surface area contributed by atoms with E-state index in [9.17, 15) is 4.79 Å². The highest BCUT2D eigenvalue weighted by Gasteiger charge is 2.19. The van der Waals surface area contributed by atoms with Gasteiger partial charge in [-0.3, -0.25) is 0 Å². The molecule has 0 amide bonds. The molecule has 0 aliphatic carbocycles. The van der Waals surface area contributed by atoms with Crippen molar-refractivity contribution in [1.82, 2.24) is 4.90 Å². The van der Waals surface area contributed by atoms with Gasteiger partial charge in [0.15, 0.2) is 6.10 Å². The minimum atomic E-state index is -0.887. The number of rotatable bonds is 7. The highest BCUT2D eigenvalue weighted by molar-refractivity contribution is 5.72. The van der Waals surface area contributed by atoms with Gasteiger partial charge >= 0.3 is 5.97 Å². The van der Waals surface area contributed by atoms with E-state index in [0.29, 0.717) is 19.1 Å². The van der Waals surface area contributed by atoms with Crippen LogP contribution in [0.1, 0.15) is 20.8 Å². The van der Waals surface area contributed by atoms with Crippen molar-refractivity contribution in [3.8, 4) is 0 Å². The number of carboxylic acids is 1. The molecule has 0 fully saturated rings. The summed E-state index contributed by atoms with van der Waals surface area (Å²) in [6.07, 6.45) is -0.705. The van der Waals surface area contributed by atoms with Crippen LogP contribution in [0.3, 0.4) is 0 Å². The van der Waals surface area contributed by atoms with Crippen LogP contribution in [0.4, 0.5) is 0 Å². The van der Waals surface area contributed by atoms with Gasteiger partial charge in [-0.05, 0) is 19.9 Å². The summed E-state index contributed by atoms with van der Waals surface area (Å²) in [4.78, 5) is 12.7. The zero-order chi connectivity index (χ0) is 11.1.